The Bertz CT molecular complexity index is 107. The first-order valence-corrected chi connectivity index (χ1v) is 4.27. The molecule has 0 fully saturated rings. The van der Waals surface area contributed by atoms with Crippen molar-refractivity contribution in [3.8, 4) is 0 Å². The zero-order valence-corrected chi connectivity index (χ0v) is 7.69. The van der Waals surface area contributed by atoms with Crippen molar-refractivity contribution >= 4 is 0 Å². The lowest BCUT2D eigenvalue weighted by Crippen LogP contribution is -2.39. The molecule has 4 heteroatoms. The van der Waals surface area contributed by atoms with Gasteiger partial charge in [-0.2, -0.15) is 0 Å². The van der Waals surface area contributed by atoms with Crippen LogP contribution >= 0.6 is 0 Å². The van der Waals surface area contributed by atoms with Gasteiger partial charge in [0.25, 0.3) is 6.43 Å². The summed E-state index contributed by atoms with van der Waals surface area (Å²) in [7, 11) is 0. The monoisotopic (exact) mass is 180 g/mol. The number of nitrogens with one attached hydrogen (secondary N) is 1. The molecule has 0 aliphatic rings. The van der Waals surface area contributed by atoms with Crippen molar-refractivity contribution < 1.29 is 8.78 Å². The van der Waals surface area contributed by atoms with Gasteiger partial charge in [0.1, 0.15) is 0 Å². The molecule has 12 heavy (non-hydrogen) atoms. The summed E-state index contributed by atoms with van der Waals surface area (Å²) in [4.78, 5) is 0. The van der Waals surface area contributed by atoms with E-state index >= 15 is 0 Å². The van der Waals surface area contributed by atoms with Crippen LogP contribution in [-0.4, -0.2) is 25.6 Å². The fraction of sp³-hybridized carbons (Fsp3) is 1.00. The standard InChI is InChI=1S/C8H18F2N2/c1-6(2)3-7(4-11)12-5-8(9)10/h6-8,12H,3-5,11H2,1-2H3. The Kier molecular flexibility index (Phi) is 6.20. The van der Waals surface area contributed by atoms with Crippen molar-refractivity contribution in [1.29, 1.82) is 0 Å². The van der Waals surface area contributed by atoms with E-state index in [-0.39, 0.29) is 12.6 Å². The molecular weight excluding hydrogens is 162 g/mol. The maximum Gasteiger partial charge on any atom is 0.250 e. The fourth-order valence-corrected chi connectivity index (χ4v) is 1.09. The van der Waals surface area contributed by atoms with Crippen molar-refractivity contribution in [2.75, 3.05) is 13.1 Å². The van der Waals surface area contributed by atoms with Gasteiger partial charge in [0.2, 0.25) is 0 Å². The highest BCUT2D eigenvalue weighted by Crippen LogP contribution is 2.03. The minimum absolute atomic E-state index is 0.0269. The molecule has 0 radical (unpaired) electrons. The molecule has 74 valence electrons. The van der Waals surface area contributed by atoms with Gasteiger partial charge in [0.15, 0.2) is 0 Å². The number of nitrogens with two attached hydrogens (primary N) is 1. The molecule has 0 saturated heterocycles. The quantitative estimate of drug-likeness (QED) is 0.645. The van der Waals surface area contributed by atoms with Crippen molar-refractivity contribution in [2.24, 2.45) is 11.7 Å². The van der Waals surface area contributed by atoms with Gasteiger partial charge >= 0.3 is 0 Å². The Morgan fingerprint density at radius 3 is 2.25 bits per heavy atom. The van der Waals surface area contributed by atoms with E-state index in [1.165, 1.54) is 0 Å². The van der Waals surface area contributed by atoms with Crippen LogP contribution in [-0.2, 0) is 0 Å². The van der Waals surface area contributed by atoms with E-state index in [4.69, 9.17) is 5.73 Å². The molecular formula is C8H18F2N2. The second kappa shape index (κ2) is 6.31. The number of alkyl halides is 2. The van der Waals surface area contributed by atoms with E-state index in [1.807, 2.05) is 13.8 Å². The summed E-state index contributed by atoms with van der Waals surface area (Å²) >= 11 is 0. The van der Waals surface area contributed by atoms with Gasteiger partial charge in [-0.25, -0.2) is 8.78 Å². The summed E-state index contributed by atoms with van der Waals surface area (Å²) in [6.45, 7) is 4.26. The molecule has 3 N–H and O–H groups in total. The molecule has 0 spiro atoms. The molecule has 0 aromatic heterocycles. The van der Waals surface area contributed by atoms with E-state index in [1.54, 1.807) is 0 Å². The fourth-order valence-electron chi connectivity index (χ4n) is 1.09. The van der Waals surface area contributed by atoms with Crippen LogP contribution in [0.5, 0.6) is 0 Å². The average Bonchev–Trinajstić information content (AvgIpc) is 1.97. The Morgan fingerprint density at radius 2 is 1.92 bits per heavy atom. The lowest BCUT2D eigenvalue weighted by molar-refractivity contribution is 0.140. The van der Waals surface area contributed by atoms with Crippen molar-refractivity contribution in [3.05, 3.63) is 0 Å². The highest BCUT2D eigenvalue weighted by atomic mass is 19.3. The predicted molar refractivity (Wildman–Crippen MR) is 46.3 cm³/mol. The number of hydrogen-bond donors (Lipinski definition) is 2. The molecule has 0 aromatic carbocycles. The zero-order chi connectivity index (χ0) is 9.56. The van der Waals surface area contributed by atoms with E-state index < -0.39 is 6.43 Å². The van der Waals surface area contributed by atoms with Crippen LogP contribution in [0.1, 0.15) is 20.3 Å². The smallest absolute Gasteiger partial charge is 0.250 e. The third kappa shape index (κ3) is 6.49. The van der Waals surface area contributed by atoms with Crippen LogP contribution in [0.2, 0.25) is 0 Å². The van der Waals surface area contributed by atoms with E-state index in [0.29, 0.717) is 12.5 Å². The molecule has 0 aliphatic carbocycles. The van der Waals surface area contributed by atoms with Crippen LogP contribution in [0.15, 0.2) is 0 Å². The Hall–Kier alpha value is -0.220. The van der Waals surface area contributed by atoms with Crippen LogP contribution in [0.4, 0.5) is 8.78 Å². The van der Waals surface area contributed by atoms with Gasteiger partial charge in [-0.15, -0.1) is 0 Å². The SMILES string of the molecule is CC(C)CC(CN)NCC(F)F. The number of hydrogen-bond acceptors (Lipinski definition) is 2. The molecule has 0 amide bonds. The minimum atomic E-state index is -2.29. The average molecular weight is 180 g/mol. The molecule has 0 rings (SSSR count). The maximum atomic E-state index is 11.8. The molecule has 0 bridgehead atoms. The summed E-state index contributed by atoms with van der Waals surface area (Å²) < 4.78 is 23.5. The Morgan fingerprint density at radius 1 is 1.33 bits per heavy atom. The molecule has 1 atom stereocenters. The molecule has 0 saturated carbocycles. The lowest BCUT2D eigenvalue weighted by Gasteiger charge is -2.18. The molecule has 2 nitrogen and oxygen atoms in total. The van der Waals surface area contributed by atoms with Crippen molar-refractivity contribution in [2.45, 2.75) is 32.7 Å². The van der Waals surface area contributed by atoms with Gasteiger partial charge in [-0.05, 0) is 12.3 Å². The normalized spacial score (nSPS) is 14.2. The molecule has 0 heterocycles. The second-order valence-electron chi connectivity index (χ2n) is 3.36. The van der Waals surface area contributed by atoms with Crippen LogP contribution in [0.3, 0.4) is 0 Å². The lowest BCUT2D eigenvalue weighted by atomic mass is 10.0. The van der Waals surface area contributed by atoms with Crippen LogP contribution in [0.25, 0.3) is 0 Å². The van der Waals surface area contributed by atoms with Gasteiger partial charge in [-0.1, -0.05) is 13.8 Å². The summed E-state index contributed by atoms with van der Waals surface area (Å²) in [5.41, 5.74) is 5.40. The van der Waals surface area contributed by atoms with Crippen LogP contribution in [0, 0.1) is 5.92 Å². The first kappa shape index (κ1) is 11.8. The first-order valence-electron chi connectivity index (χ1n) is 4.27. The summed E-state index contributed by atoms with van der Waals surface area (Å²) in [5.74, 6) is 0.490. The summed E-state index contributed by atoms with van der Waals surface area (Å²) in [6.07, 6.45) is -1.44. The van der Waals surface area contributed by atoms with Crippen molar-refractivity contribution in [3.63, 3.8) is 0 Å². The zero-order valence-electron chi connectivity index (χ0n) is 7.69. The van der Waals surface area contributed by atoms with E-state index in [9.17, 15) is 8.78 Å². The van der Waals surface area contributed by atoms with Gasteiger partial charge in [-0.3, -0.25) is 0 Å². The Balaban J connectivity index is 3.53. The second-order valence-corrected chi connectivity index (χ2v) is 3.36. The largest absolute Gasteiger partial charge is 0.329 e. The molecule has 0 aromatic rings. The summed E-state index contributed by atoms with van der Waals surface area (Å²) in [6, 6.07) is 0.0269. The molecule has 1 unspecified atom stereocenters. The van der Waals surface area contributed by atoms with E-state index in [2.05, 4.69) is 5.32 Å². The first-order chi connectivity index (χ1) is 5.56. The minimum Gasteiger partial charge on any atom is -0.329 e. The maximum absolute atomic E-state index is 11.8. The van der Waals surface area contributed by atoms with Gasteiger partial charge < -0.3 is 11.1 Å². The number of rotatable bonds is 6. The highest BCUT2D eigenvalue weighted by molar-refractivity contribution is 4.69. The Labute approximate surface area is 72.5 Å². The van der Waals surface area contributed by atoms with E-state index in [0.717, 1.165) is 6.42 Å². The van der Waals surface area contributed by atoms with Gasteiger partial charge in [0, 0.05) is 12.6 Å². The predicted octanol–water partition coefficient (Wildman–Crippen LogP) is 1.21. The topological polar surface area (TPSA) is 38.0 Å². The van der Waals surface area contributed by atoms with Crippen LogP contribution < -0.4 is 11.1 Å². The number of halogens is 2. The summed E-state index contributed by atoms with van der Waals surface area (Å²) in [5, 5.41) is 2.73. The van der Waals surface area contributed by atoms with Crippen molar-refractivity contribution in [1.82, 2.24) is 5.32 Å². The third-order valence-corrected chi connectivity index (χ3v) is 1.60. The van der Waals surface area contributed by atoms with Gasteiger partial charge in [0.05, 0.1) is 6.54 Å². The highest BCUT2D eigenvalue weighted by Gasteiger charge is 2.10. The third-order valence-electron chi connectivity index (χ3n) is 1.60. The molecule has 0 aliphatic heterocycles.